The lowest BCUT2D eigenvalue weighted by Gasteiger charge is -2.41. The summed E-state index contributed by atoms with van der Waals surface area (Å²) in [7, 11) is 0. The first-order chi connectivity index (χ1) is 13.2. The number of carbonyl (C=O) groups excluding carboxylic acids is 1. The maximum absolute atomic E-state index is 13.4. The molecule has 0 unspecified atom stereocenters. The second kappa shape index (κ2) is 7.58. The van der Waals surface area contributed by atoms with Crippen molar-refractivity contribution in [3.8, 4) is 0 Å². The smallest absolute Gasteiger partial charge is 0.231 e. The van der Waals surface area contributed by atoms with Crippen molar-refractivity contribution in [2.75, 3.05) is 0 Å². The zero-order chi connectivity index (χ0) is 18.7. The number of benzene rings is 3. The quantitative estimate of drug-likeness (QED) is 0.611. The number of hydrogen-bond donors (Lipinski definition) is 1. The van der Waals surface area contributed by atoms with Crippen molar-refractivity contribution in [1.82, 2.24) is 5.32 Å². The van der Waals surface area contributed by atoms with Crippen LogP contribution in [0.2, 0.25) is 5.02 Å². The molecule has 3 aromatic rings. The number of halogens is 1. The fraction of sp³-hybridized carbons (Fsp3) is 0.208. The molecule has 2 nitrogen and oxygen atoms in total. The Morgan fingerprint density at radius 1 is 0.815 bits per heavy atom. The van der Waals surface area contributed by atoms with Crippen molar-refractivity contribution < 1.29 is 4.79 Å². The van der Waals surface area contributed by atoms with Crippen molar-refractivity contribution in [1.29, 1.82) is 0 Å². The van der Waals surface area contributed by atoms with E-state index in [4.69, 9.17) is 11.6 Å². The average molecular weight is 376 g/mol. The van der Waals surface area contributed by atoms with Crippen LogP contribution in [0.15, 0.2) is 84.9 Å². The number of carbonyl (C=O) groups is 1. The predicted octanol–water partition coefficient (Wildman–Crippen LogP) is 5.67. The molecule has 3 heteroatoms. The maximum atomic E-state index is 13.4. The topological polar surface area (TPSA) is 29.1 Å². The molecule has 0 bridgehead atoms. The van der Waals surface area contributed by atoms with E-state index in [9.17, 15) is 4.79 Å². The van der Waals surface area contributed by atoms with Crippen molar-refractivity contribution >= 4 is 17.5 Å². The Morgan fingerprint density at radius 2 is 1.37 bits per heavy atom. The molecule has 1 aliphatic carbocycles. The normalized spacial score (nSPS) is 16.2. The summed E-state index contributed by atoms with van der Waals surface area (Å²) in [6.07, 6.45) is 2.87. The molecule has 1 atom stereocenters. The molecule has 1 amide bonds. The van der Waals surface area contributed by atoms with Gasteiger partial charge in [-0.15, -0.1) is 0 Å². The van der Waals surface area contributed by atoms with Crippen LogP contribution in [0.3, 0.4) is 0 Å². The van der Waals surface area contributed by atoms with Gasteiger partial charge in [0.15, 0.2) is 0 Å². The first kappa shape index (κ1) is 17.8. The van der Waals surface area contributed by atoms with E-state index in [2.05, 4.69) is 29.6 Å². The summed E-state index contributed by atoms with van der Waals surface area (Å²) in [6.45, 7) is 0. The van der Waals surface area contributed by atoms with E-state index in [1.54, 1.807) is 0 Å². The highest BCUT2D eigenvalue weighted by Gasteiger charge is 2.46. The summed E-state index contributed by atoms with van der Waals surface area (Å²) in [4.78, 5) is 13.4. The van der Waals surface area contributed by atoms with Crippen LogP contribution in [0.5, 0.6) is 0 Å². The lowest BCUT2D eigenvalue weighted by Crippen LogP contribution is -2.50. The van der Waals surface area contributed by atoms with Crippen LogP contribution >= 0.6 is 11.6 Å². The average Bonchev–Trinajstić information content (AvgIpc) is 2.68. The lowest BCUT2D eigenvalue weighted by molar-refractivity contribution is -0.130. The van der Waals surface area contributed by atoms with Crippen molar-refractivity contribution in [3.05, 3.63) is 107 Å². The second-order valence-electron chi connectivity index (χ2n) is 7.17. The molecule has 27 heavy (non-hydrogen) atoms. The van der Waals surface area contributed by atoms with Gasteiger partial charge >= 0.3 is 0 Å². The molecule has 4 rings (SSSR count). The number of hydrogen-bond acceptors (Lipinski definition) is 1. The third-order valence-corrected chi connectivity index (χ3v) is 5.83. The summed E-state index contributed by atoms with van der Waals surface area (Å²) < 4.78 is 0. The van der Waals surface area contributed by atoms with Gasteiger partial charge in [0.2, 0.25) is 5.91 Å². The Kier molecular flexibility index (Phi) is 5.00. The van der Waals surface area contributed by atoms with Crippen LogP contribution in [0.25, 0.3) is 0 Å². The van der Waals surface area contributed by atoms with Crippen LogP contribution in [0.1, 0.15) is 42.0 Å². The summed E-state index contributed by atoms with van der Waals surface area (Å²) >= 11 is 6.06. The van der Waals surface area contributed by atoms with Crippen LogP contribution in [-0.2, 0) is 10.2 Å². The molecule has 0 spiro atoms. The second-order valence-corrected chi connectivity index (χ2v) is 7.61. The molecule has 0 aliphatic heterocycles. The Morgan fingerprint density at radius 3 is 1.93 bits per heavy atom. The Bertz CT molecular complexity index is 902. The van der Waals surface area contributed by atoms with E-state index in [-0.39, 0.29) is 11.9 Å². The fourth-order valence-electron chi connectivity index (χ4n) is 3.86. The molecular weight excluding hydrogens is 354 g/mol. The van der Waals surface area contributed by atoms with E-state index in [0.717, 1.165) is 36.0 Å². The van der Waals surface area contributed by atoms with Crippen LogP contribution in [0, 0.1) is 0 Å². The van der Waals surface area contributed by atoms with E-state index < -0.39 is 5.41 Å². The zero-order valence-electron chi connectivity index (χ0n) is 15.1. The summed E-state index contributed by atoms with van der Waals surface area (Å²) in [5.74, 6) is 0.101. The highest BCUT2D eigenvalue weighted by atomic mass is 35.5. The molecule has 136 valence electrons. The van der Waals surface area contributed by atoms with Gasteiger partial charge in [0, 0.05) is 5.02 Å². The molecule has 1 N–H and O–H groups in total. The minimum absolute atomic E-state index is 0.101. The van der Waals surface area contributed by atoms with Gasteiger partial charge in [-0.25, -0.2) is 0 Å². The Balaban J connectivity index is 1.67. The molecule has 0 aromatic heterocycles. The summed E-state index contributed by atoms with van der Waals surface area (Å²) in [5, 5.41) is 4.02. The minimum Gasteiger partial charge on any atom is -0.344 e. The van der Waals surface area contributed by atoms with Crippen LogP contribution in [-0.4, -0.2) is 5.91 Å². The van der Waals surface area contributed by atoms with Crippen molar-refractivity contribution in [2.45, 2.75) is 30.7 Å². The standard InChI is InChI=1S/C24H22ClNO/c25-21-14-12-19(13-15-21)22(18-8-3-1-4-9-18)26-23(27)24(16-7-17-24)20-10-5-2-6-11-20/h1-6,8-15,22H,7,16-17H2,(H,26,27)/t22-/m0/s1. The van der Waals surface area contributed by atoms with Gasteiger partial charge in [-0.05, 0) is 41.7 Å². The monoisotopic (exact) mass is 375 g/mol. The number of amides is 1. The maximum Gasteiger partial charge on any atom is 0.231 e. The van der Waals surface area contributed by atoms with Gasteiger partial charge in [-0.1, -0.05) is 90.8 Å². The van der Waals surface area contributed by atoms with Crippen molar-refractivity contribution in [2.24, 2.45) is 0 Å². The van der Waals surface area contributed by atoms with Crippen molar-refractivity contribution in [3.63, 3.8) is 0 Å². The van der Waals surface area contributed by atoms with Gasteiger partial charge in [0.25, 0.3) is 0 Å². The molecule has 1 fully saturated rings. The molecule has 0 heterocycles. The SMILES string of the molecule is O=C(N[C@@H](c1ccccc1)c1ccc(Cl)cc1)C1(c2ccccc2)CCC1. The predicted molar refractivity (Wildman–Crippen MR) is 110 cm³/mol. The minimum atomic E-state index is -0.416. The molecule has 0 radical (unpaired) electrons. The van der Waals surface area contributed by atoms with Gasteiger partial charge in [0.05, 0.1) is 11.5 Å². The fourth-order valence-corrected chi connectivity index (χ4v) is 3.99. The first-order valence-corrected chi connectivity index (χ1v) is 9.74. The number of nitrogens with one attached hydrogen (secondary N) is 1. The van der Waals surface area contributed by atoms with E-state index in [0.29, 0.717) is 5.02 Å². The first-order valence-electron chi connectivity index (χ1n) is 9.36. The van der Waals surface area contributed by atoms with Gasteiger partial charge in [-0.3, -0.25) is 4.79 Å². The lowest BCUT2D eigenvalue weighted by atomic mass is 9.63. The highest BCUT2D eigenvalue weighted by Crippen LogP contribution is 2.44. The van der Waals surface area contributed by atoms with Gasteiger partial charge < -0.3 is 5.32 Å². The summed E-state index contributed by atoms with van der Waals surface area (Å²) in [5.41, 5.74) is 2.79. The van der Waals surface area contributed by atoms with E-state index >= 15 is 0 Å². The largest absolute Gasteiger partial charge is 0.344 e. The molecule has 0 saturated heterocycles. The zero-order valence-corrected chi connectivity index (χ0v) is 15.8. The Hall–Kier alpha value is -2.58. The van der Waals surface area contributed by atoms with Crippen LogP contribution < -0.4 is 5.32 Å². The van der Waals surface area contributed by atoms with Crippen LogP contribution in [0.4, 0.5) is 0 Å². The summed E-state index contributed by atoms with van der Waals surface area (Å²) in [6, 6.07) is 27.8. The molecule has 3 aromatic carbocycles. The third kappa shape index (κ3) is 3.50. The highest BCUT2D eigenvalue weighted by molar-refractivity contribution is 6.30. The van der Waals surface area contributed by atoms with E-state index in [1.165, 1.54) is 0 Å². The molecular formula is C24H22ClNO. The van der Waals surface area contributed by atoms with Gasteiger partial charge in [0.1, 0.15) is 0 Å². The molecule has 1 aliphatic rings. The number of rotatable bonds is 5. The third-order valence-electron chi connectivity index (χ3n) is 5.58. The van der Waals surface area contributed by atoms with Gasteiger partial charge in [-0.2, -0.15) is 0 Å². The Labute approximate surface area is 165 Å². The molecule has 1 saturated carbocycles. The van der Waals surface area contributed by atoms with E-state index in [1.807, 2.05) is 60.7 Å².